The van der Waals surface area contributed by atoms with E-state index in [0.29, 0.717) is 11.2 Å². The van der Waals surface area contributed by atoms with Crippen molar-refractivity contribution in [3.8, 4) is 0 Å². The normalized spacial score (nSPS) is 20.0. The molecule has 1 atom stereocenters. The second kappa shape index (κ2) is 5.93. The summed E-state index contributed by atoms with van der Waals surface area (Å²) in [6.07, 6.45) is -5.26. The van der Waals surface area contributed by atoms with E-state index in [4.69, 9.17) is 4.42 Å². The molecule has 0 amide bonds. The van der Waals surface area contributed by atoms with E-state index in [1.807, 2.05) is 0 Å². The van der Waals surface area contributed by atoms with Crippen LogP contribution in [0.25, 0.3) is 11.1 Å². The van der Waals surface area contributed by atoms with Crippen LogP contribution in [0.3, 0.4) is 0 Å². The monoisotopic (exact) mass is 396 g/mol. The van der Waals surface area contributed by atoms with Gasteiger partial charge in [0.25, 0.3) is 5.89 Å². The summed E-state index contributed by atoms with van der Waals surface area (Å²) in [5, 5.41) is 0. The van der Waals surface area contributed by atoms with Crippen LogP contribution in [0.4, 0.5) is 27.6 Å². The lowest BCUT2D eigenvalue weighted by Gasteiger charge is -2.29. The molecule has 1 aliphatic heterocycles. The highest BCUT2D eigenvalue weighted by molar-refractivity contribution is 5.72. The number of alkyl halides is 5. The molecule has 4 rings (SSSR count). The molecule has 2 aromatic carbocycles. The fourth-order valence-corrected chi connectivity index (χ4v) is 3.97. The summed E-state index contributed by atoms with van der Waals surface area (Å²) in [5.74, 6) is -4.16. The summed E-state index contributed by atoms with van der Waals surface area (Å²) in [4.78, 5) is 5.57. The molecule has 0 saturated carbocycles. The minimum absolute atomic E-state index is 0.166. The fourth-order valence-electron chi connectivity index (χ4n) is 3.97. The summed E-state index contributed by atoms with van der Waals surface area (Å²) >= 11 is 0. The molecule has 0 fully saturated rings. The second-order valence-corrected chi connectivity index (χ2v) is 7.51. The average Bonchev–Trinajstić information content (AvgIpc) is 3.14. The molecule has 3 nitrogen and oxygen atoms in total. The molecule has 148 valence electrons. The van der Waals surface area contributed by atoms with Crippen LogP contribution in [-0.4, -0.2) is 18.6 Å². The number of rotatable bonds is 3. The third-order valence-electron chi connectivity index (χ3n) is 5.19. The Balaban J connectivity index is 1.73. The number of likely N-dealkylation sites (N-methyl/N-ethyl adjacent to an activating group) is 1. The Bertz CT molecular complexity index is 1010. The van der Waals surface area contributed by atoms with Gasteiger partial charge in [0, 0.05) is 31.1 Å². The number of nitrogens with zero attached hydrogens (tertiary/aromatic N) is 2. The number of anilines is 1. The van der Waals surface area contributed by atoms with E-state index in [1.54, 1.807) is 37.1 Å². The highest BCUT2D eigenvalue weighted by Crippen LogP contribution is 2.49. The number of benzene rings is 2. The predicted octanol–water partition coefficient (Wildman–Crippen LogP) is 5.74. The lowest BCUT2D eigenvalue weighted by Crippen LogP contribution is -2.34. The second-order valence-electron chi connectivity index (χ2n) is 7.51. The van der Waals surface area contributed by atoms with Gasteiger partial charge in [-0.3, -0.25) is 0 Å². The Morgan fingerprint density at radius 1 is 1.11 bits per heavy atom. The van der Waals surface area contributed by atoms with E-state index in [0.717, 1.165) is 12.1 Å². The summed E-state index contributed by atoms with van der Waals surface area (Å²) in [6.45, 7) is 1.71. The van der Waals surface area contributed by atoms with Gasteiger partial charge in [-0.15, -0.1) is 0 Å². The minimum Gasteiger partial charge on any atom is -0.435 e. The van der Waals surface area contributed by atoms with Crippen molar-refractivity contribution < 1.29 is 26.4 Å². The van der Waals surface area contributed by atoms with Gasteiger partial charge in [-0.05, 0) is 35.9 Å². The van der Waals surface area contributed by atoms with Gasteiger partial charge in [-0.2, -0.15) is 22.0 Å². The topological polar surface area (TPSA) is 29.3 Å². The number of para-hydroxylation sites is 2. The molecule has 28 heavy (non-hydrogen) atoms. The van der Waals surface area contributed by atoms with Crippen molar-refractivity contribution in [2.75, 3.05) is 18.5 Å². The van der Waals surface area contributed by atoms with Gasteiger partial charge in [0.1, 0.15) is 5.52 Å². The molecule has 1 aromatic heterocycles. The smallest absolute Gasteiger partial charge is 0.416 e. The van der Waals surface area contributed by atoms with Gasteiger partial charge in [-0.1, -0.05) is 19.1 Å². The largest absolute Gasteiger partial charge is 0.435 e. The Morgan fingerprint density at radius 3 is 2.50 bits per heavy atom. The highest BCUT2D eigenvalue weighted by atomic mass is 19.4. The van der Waals surface area contributed by atoms with E-state index >= 15 is 8.78 Å². The molecule has 0 saturated heterocycles. The van der Waals surface area contributed by atoms with E-state index in [2.05, 4.69) is 4.98 Å². The molecule has 3 aromatic rings. The van der Waals surface area contributed by atoms with Gasteiger partial charge in [-0.25, -0.2) is 4.98 Å². The van der Waals surface area contributed by atoms with Crippen molar-refractivity contribution in [1.29, 1.82) is 0 Å². The van der Waals surface area contributed by atoms with Gasteiger partial charge >= 0.3 is 12.1 Å². The number of halogens is 5. The molecule has 8 heteroatoms. The quantitative estimate of drug-likeness (QED) is 0.529. The zero-order chi connectivity index (χ0) is 20.3. The molecule has 0 bridgehead atoms. The maximum atomic E-state index is 15.0. The zero-order valence-electron chi connectivity index (χ0n) is 15.1. The molecular formula is C20H17F5N2O. The maximum Gasteiger partial charge on any atom is 0.416 e. The van der Waals surface area contributed by atoms with Crippen molar-refractivity contribution in [2.45, 2.75) is 30.9 Å². The number of oxazole rings is 1. The summed E-state index contributed by atoms with van der Waals surface area (Å²) < 4.78 is 74.7. The number of aromatic nitrogens is 1. The highest BCUT2D eigenvalue weighted by Gasteiger charge is 2.49. The number of fused-ring (bicyclic) bond motifs is 2. The van der Waals surface area contributed by atoms with Crippen LogP contribution < -0.4 is 4.90 Å². The number of hydrogen-bond acceptors (Lipinski definition) is 3. The Labute approximate surface area is 157 Å². The van der Waals surface area contributed by atoms with Gasteiger partial charge in [0.15, 0.2) is 5.58 Å². The first-order valence-corrected chi connectivity index (χ1v) is 8.66. The van der Waals surface area contributed by atoms with Gasteiger partial charge < -0.3 is 9.32 Å². The van der Waals surface area contributed by atoms with E-state index in [1.165, 1.54) is 12.1 Å². The minimum atomic E-state index is -4.54. The van der Waals surface area contributed by atoms with Crippen molar-refractivity contribution in [1.82, 2.24) is 4.98 Å². The van der Waals surface area contributed by atoms with E-state index in [9.17, 15) is 13.2 Å². The molecule has 1 aliphatic rings. The van der Waals surface area contributed by atoms with Crippen LogP contribution in [0.2, 0.25) is 0 Å². The first-order chi connectivity index (χ1) is 13.0. The lowest BCUT2D eigenvalue weighted by molar-refractivity contribution is -0.137. The summed E-state index contributed by atoms with van der Waals surface area (Å²) in [6, 6.07) is 9.70. The standard InChI is InChI=1S/C20H17F5N2O/c1-18(10-19(21,22)17-26-14-5-3-4-6-16(14)28-17)11-27(2)15-8-7-12(9-13(15)18)20(23,24)25/h3-9H,10-11H2,1-2H3. The van der Waals surface area contributed by atoms with Crippen molar-refractivity contribution in [3.05, 3.63) is 59.5 Å². The van der Waals surface area contributed by atoms with Crippen molar-refractivity contribution in [3.63, 3.8) is 0 Å². The van der Waals surface area contributed by atoms with Crippen molar-refractivity contribution in [2.24, 2.45) is 0 Å². The fraction of sp³-hybridized carbons (Fsp3) is 0.350. The first kappa shape index (κ1) is 18.7. The van der Waals surface area contributed by atoms with Gasteiger partial charge in [0.05, 0.1) is 5.56 Å². The van der Waals surface area contributed by atoms with Crippen LogP contribution in [0.15, 0.2) is 46.9 Å². The molecule has 0 spiro atoms. The molecule has 0 radical (unpaired) electrons. The Kier molecular flexibility index (Phi) is 3.96. The molecule has 0 aliphatic carbocycles. The molecular weight excluding hydrogens is 379 g/mol. The molecule has 1 unspecified atom stereocenters. The van der Waals surface area contributed by atoms with Gasteiger partial charge in [0.2, 0.25) is 0 Å². The molecule has 0 N–H and O–H groups in total. The van der Waals surface area contributed by atoms with Crippen LogP contribution in [0.1, 0.15) is 30.4 Å². The average molecular weight is 396 g/mol. The SMILES string of the molecule is CN1CC(C)(CC(F)(F)c2nc3ccccc3o2)c2cc(C(F)(F)F)ccc21. The molecule has 2 heterocycles. The third kappa shape index (κ3) is 3.00. The number of hydrogen-bond donors (Lipinski definition) is 0. The van der Waals surface area contributed by atoms with Crippen LogP contribution in [0.5, 0.6) is 0 Å². The van der Waals surface area contributed by atoms with E-state index in [-0.39, 0.29) is 17.7 Å². The Morgan fingerprint density at radius 2 is 1.82 bits per heavy atom. The summed E-state index contributed by atoms with van der Waals surface area (Å²) in [5.41, 5.74) is -0.728. The third-order valence-corrected chi connectivity index (χ3v) is 5.19. The van der Waals surface area contributed by atoms with Crippen LogP contribution >= 0.6 is 0 Å². The predicted molar refractivity (Wildman–Crippen MR) is 94.6 cm³/mol. The first-order valence-electron chi connectivity index (χ1n) is 8.66. The maximum absolute atomic E-state index is 15.0. The van der Waals surface area contributed by atoms with Crippen LogP contribution in [0, 0.1) is 0 Å². The zero-order valence-corrected chi connectivity index (χ0v) is 15.1. The van der Waals surface area contributed by atoms with E-state index < -0.39 is 35.4 Å². The van der Waals surface area contributed by atoms with Crippen molar-refractivity contribution >= 4 is 16.8 Å². The van der Waals surface area contributed by atoms with Crippen LogP contribution in [-0.2, 0) is 17.5 Å². The lowest BCUT2D eigenvalue weighted by atomic mass is 9.78. The summed E-state index contributed by atoms with van der Waals surface area (Å²) in [7, 11) is 1.68. The Hall–Kier alpha value is -2.64.